The van der Waals surface area contributed by atoms with E-state index in [0.29, 0.717) is 25.2 Å². The molecule has 1 saturated heterocycles. The molecule has 2 aliphatic rings. The number of halogens is 3. The van der Waals surface area contributed by atoms with Gasteiger partial charge in [0.15, 0.2) is 10.9 Å². The number of nitrogens with two attached hydrogens (primary N) is 1. The average molecular weight is 437 g/mol. The number of nitrogen functional groups attached to an aromatic ring is 1. The number of hydrogen-bond donors (Lipinski definition) is 2. The van der Waals surface area contributed by atoms with Gasteiger partial charge < -0.3 is 20.7 Å². The maximum absolute atomic E-state index is 15.2. The molecule has 2 aromatic carbocycles. The minimum Gasteiger partial charge on any atom is -0.489 e. The number of rotatable bonds is 1. The van der Waals surface area contributed by atoms with Crippen LogP contribution in [0, 0.1) is 11.6 Å². The van der Waals surface area contributed by atoms with Gasteiger partial charge in [-0.1, -0.05) is 22.9 Å². The van der Waals surface area contributed by atoms with Gasteiger partial charge in [0.2, 0.25) is 0 Å². The molecule has 3 aromatic rings. The Morgan fingerprint density at radius 2 is 2.14 bits per heavy atom. The number of aromatic nitrogens is 1. The van der Waals surface area contributed by atoms with Gasteiger partial charge in [-0.3, -0.25) is 4.79 Å². The van der Waals surface area contributed by atoms with Gasteiger partial charge in [0.1, 0.15) is 18.2 Å². The van der Waals surface area contributed by atoms with Crippen molar-refractivity contribution in [1.82, 2.24) is 15.2 Å². The van der Waals surface area contributed by atoms with Crippen molar-refractivity contribution >= 4 is 44.2 Å². The molecule has 3 heterocycles. The Bertz CT molecular complexity index is 1170. The molecular weight excluding hydrogens is 422 g/mol. The van der Waals surface area contributed by atoms with Crippen LogP contribution in [-0.4, -0.2) is 48.1 Å². The number of nitrogens with zero attached hydrogens (tertiary/aromatic N) is 2. The van der Waals surface area contributed by atoms with Crippen molar-refractivity contribution in [1.29, 1.82) is 0 Å². The second-order valence-electron chi connectivity index (χ2n) is 6.92. The first-order chi connectivity index (χ1) is 14.0. The summed E-state index contributed by atoms with van der Waals surface area (Å²) >= 11 is 7.52. The standard InChI is InChI=1S/C19H15ClF2N4O2S/c20-14-13(9-1-2-11(21)17-15(9)25-19(23)29-17)12(22)5-10-16(14)28-7-8-6-24-3-4-26(8)18(10)27/h1-2,5,8,24H,3-4,6-7H2,(H2,23,25)/t8-/m1/s1. The third-order valence-corrected chi connectivity index (χ3v) is 6.47. The van der Waals surface area contributed by atoms with Gasteiger partial charge in [-0.05, 0) is 18.2 Å². The first-order valence-corrected chi connectivity index (χ1v) is 10.2. The maximum atomic E-state index is 15.2. The predicted molar refractivity (Wildman–Crippen MR) is 108 cm³/mol. The van der Waals surface area contributed by atoms with Crippen LogP contribution < -0.4 is 15.8 Å². The largest absolute Gasteiger partial charge is 0.489 e. The van der Waals surface area contributed by atoms with Crippen molar-refractivity contribution in [3.05, 3.63) is 40.4 Å². The molecule has 0 aliphatic carbocycles. The SMILES string of the molecule is Nc1nc2c(-c3c(F)cc4c(c3Cl)OC[C@H]3CNCCN3C4=O)ccc(F)c2s1. The lowest BCUT2D eigenvalue weighted by molar-refractivity contribution is 0.0606. The number of nitrogens with one attached hydrogen (secondary N) is 1. The van der Waals surface area contributed by atoms with Crippen molar-refractivity contribution in [2.24, 2.45) is 0 Å². The van der Waals surface area contributed by atoms with Crippen LogP contribution in [0.5, 0.6) is 5.75 Å². The highest BCUT2D eigenvalue weighted by Gasteiger charge is 2.35. The summed E-state index contributed by atoms with van der Waals surface area (Å²) in [5.74, 6) is -1.40. The zero-order valence-corrected chi connectivity index (χ0v) is 16.5. The number of thiazole rings is 1. The molecular formula is C19H15ClF2N4O2S. The van der Waals surface area contributed by atoms with Gasteiger partial charge in [-0.25, -0.2) is 13.8 Å². The van der Waals surface area contributed by atoms with Crippen LogP contribution in [-0.2, 0) is 0 Å². The molecule has 150 valence electrons. The molecule has 0 radical (unpaired) electrons. The van der Waals surface area contributed by atoms with E-state index >= 15 is 4.39 Å². The summed E-state index contributed by atoms with van der Waals surface area (Å²) in [5.41, 5.74) is 6.33. The minimum atomic E-state index is -0.709. The summed E-state index contributed by atoms with van der Waals surface area (Å²) in [7, 11) is 0. The van der Waals surface area contributed by atoms with Crippen LogP contribution >= 0.6 is 22.9 Å². The Kier molecular flexibility index (Phi) is 4.34. The third-order valence-electron chi connectivity index (χ3n) is 5.22. The molecule has 0 unspecified atom stereocenters. The second-order valence-corrected chi connectivity index (χ2v) is 8.32. The number of carbonyl (C=O) groups excluding carboxylic acids is 1. The number of anilines is 1. The van der Waals surface area contributed by atoms with Crippen molar-refractivity contribution in [2.45, 2.75) is 6.04 Å². The lowest BCUT2D eigenvalue weighted by Gasteiger charge is -2.33. The molecule has 0 spiro atoms. The van der Waals surface area contributed by atoms with Crippen LogP contribution in [0.2, 0.25) is 5.02 Å². The molecule has 0 bridgehead atoms. The monoisotopic (exact) mass is 436 g/mol. The number of benzene rings is 2. The highest BCUT2D eigenvalue weighted by molar-refractivity contribution is 7.22. The first-order valence-electron chi connectivity index (χ1n) is 8.97. The fourth-order valence-corrected chi connectivity index (χ4v) is 4.97. The molecule has 5 rings (SSSR count). The van der Waals surface area contributed by atoms with E-state index in [2.05, 4.69) is 10.3 Å². The molecule has 3 N–H and O–H groups in total. The Labute approximate surface area is 173 Å². The molecule has 1 amide bonds. The predicted octanol–water partition coefficient (Wildman–Crippen LogP) is 3.28. The minimum absolute atomic E-state index is 0.00603. The van der Waals surface area contributed by atoms with Gasteiger partial charge in [-0.2, -0.15) is 0 Å². The summed E-state index contributed by atoms with van der Waals surface area (Å²) in [5, 5.41) is 3.33. The average Bonchev–Trinajstić information content (AvgIpc) is 3.04. The number of carbonyl (C=O) groups is 1. The summed E-state index contributed by atoms with van der Waals surface area (Å²) in [6.07, 6.45) is 0. The van der Waals surface area contributed by atoms with Crippen LogP contribution in [0.3, 0.4) is 0 Å². The van der Waals surface area contributed by atoms with Crippen LogP contribution in [0.15, 0.2) is 18.2 Å². The Balaban J connectivity index is 1.71. The van der Waals surface area contributed by atoms with Crippen LogP contribution in [0.1, 0.15) is 10.4 Å². The zero-order valence-electron chi connectivity index (χ0n) is 15.0. The number of fused-ring (bicyclic) bond motifs is 3. The lowest BCUT2D eigenvalue weighted by Crippen LogP contribution is -2.54. The Morgan fingerprint density at radius 3 is 2.97 bits per heavy atom. The van der Waals surface area contributed by atoms with E-state index in [1.165, 1.54) is 12.1 Å². The van der Waals surface area contributed by atoms with E-state index in [0.717, 1.165) is 17.4 Å². The van der Waals surface area contributed by atoms with Gasteiger partial charge in [0, 0.05) is 30.8 Å². The molecule has 29 heavy (non-hydrogen) atoms. The molecule has 1 fully saturated rings. The fraction of sp³-hybridized carbons (Fsp3) is 0.263. The van der Waals surface area contributed by atoms with E-state index in [-0.39, 0.29) is 55.8 Å². The summed E-state index contributed by atoms with van der Waals surface area (Å²) < 4.78 is 35.4. The van der Waals surface area contributed by atoms with Crippen molar-refractivity contribution in [3.8, 4) is 16.9 Å². The topological polar surface area (TPSA) is 80.5 Å². The molecule has 1 aromatic heterocycles. The maximum Gasteiger partial charge on any atom is 0.258 e. The van der Waals surface area contributed by atoms with Gasteiger partial charge in [0.25, 0.3) is 5.91 Å². The van der Waals surface area contributed by atoms with Crippen molar-refractivity contribution in [2.75, 3.05) is 32.0 Å². The number of ether oxygens (including phenoxy) is 1. The zero-order chi connectivity index (χ0) is 20.3. The Hall–Kier alpha value is -2.49. The lowest BCUT2D eigenvalue weighted by atomic mass is 10.00. The Morgan fingerprint density at radius 1 is 1.31 bits per heavy atom. The smallest absolute Gasteiger partial charge is 0.258 e. The summed E-state index contributed by atoms with van der Waals surface area (Å²) in [6, 6.07) is 3.59. The van der Waals surface area contributed by atoms with E-state index in [4.69, 9.17) is 22.1 Å². The molecule has 0 saturated carbocycles. The highest BCUT2D eigenvalue weighted by atomic mass is 35.5. The van der Waals surface area contributed by atoms with E-state index in [1.807, 2.05) is 0 Å². The number of piperazine rings is 1. The molecule has 10 heteroatoms. The normalized spacial score (nSPS) is 18.9. The molecule has 6 nitrogen and oxygen atoms in total. The first kappa shape index (κ1) is 18.5. The van der Waals surface area contributed by atoms with Gasteiger partial charge in [0.05, 0.1) is 26.8 Å². The molecule has 1 atom stereocenters. The van der Waals surface area contributed by atoms with Crippen molar-refractivity contribution in [3.63, 3.8) is 0 Å². The van der Waals surface area contributed by atoms with Gasteiger partial charge in [-0.15, -0.1) is 0 Å². The van der Waals surface area contributed by atoms with Gasteiger partial charge >= 0.3 is 0 Å². The summed E-state index contributed by atoms with van der Waals surface area (Å²) in [6.45, 7) is 1.98. The highest BCUT2D eigenvalue weighted by Crippen LogP contribution is 2.44. The number of hydrogen-bond acceptors (Lipinski definition) is 6. The number of amides is 1. The van der Waals surface area contributed by atoms with Crippen LogP contribution in [0.25, 0.3) is 21.3 Å². The molecule has 2 aliphatic heterocycles. The van der Waals surface area contributed by atoms with E-state index in [1.54, 1.807) is 4.90 Å². The quantitative estimate of drug-likeness (QED) is 0.612. The van der Waals surface area contributed by atoms with Crippen LogP contribution in [0.4, 0.5) is 13.9 Å². The summed E-state index contributed by atoms with van der Waals surface area (Å²) in [4.78, 5) is 18.8. The fourth-order valence-electron chi connectivity index (χ4n) is 3.85. The second kappa shape index (κ2) is 6.79. The third kappa shape index (κ3) is 2.84. The van der Waals surface area contributed by atoms with Crippen molar-refractivity contribution < 1.29 is 18.3 Å². The van der Waals surface area contributed by atoms with E-state index in [9.17, 15) is 9.18 Å². The van der Waals surface area contributed by atoms with E-state index < -0.39 is 11.6 Å².